The van der Waals surface area contributed by atoms with Gasteiger partial charge in [0.2, 0.25) is 0 Å². The first-order valence-corrected chi connectivity index (χ1v) is 6.99. The molecule has 0 atom stereocenters. The lowest BCUT2D eigenvalue weighted by molar-refractivity contribution is 1.09. The maximum atomic E-state index is 5.79. The molecule has 0 saturated carbocycles. The third-order valence-corrected chi connectivity index (χ3v) is 4.59. The van der Waals surface area contributed by atoms with Crippen molar-refractivity contribution >= 4 is 38.8 Å². The van der Waals surface area contributed by atoms with Crippen molar-refractivity contribution in [2.75, 3.05) is 11.1 Å². The van der Waals surface area contributed by atoms with Crippen molar-refractivity contribution in [1.29, 1.82) is 0 Å². The van der Waals surface area contributed by atoms with Crippen LogP contribution in [0.4, 0.5) is 11.5 Å². The molecule has 90 valence electrons. The normalized spacial score (nSPS) is 10.5. The molecule has 0 aliphatic heterocycles. The second kappa shape index (κ2) is 5.06. The fourth-order valence-corrected chi connectivity index (χ4v) is 2.79. The summed E-state index contributed by atoms with van der Waals surface area (Å²) >= 11 is 5.23. The van der Waals surface area contributed by atoms with E-state index in [2.05, 4.69) is 43.9 Å². The van der Waals surface area contributed by atoms with Gasteiger partial charge in [0.25, 0.3) is 0 Å². The highest BCUT2D eigenvalue weighted by atomic mass is 79.9. The molecule has 0 radical (unpaired) electrons. The average molecular weight is 312 g/mol. The first kappa shape index (κ1) is 12.4. The predicted octanol–water partition coefficient (Wildman–Crippen LogP) is 3.72. The molecule has 0 aromatic carbocycles. The molecule has 0 spiro atoms. The summed E-state index contributed by atoms with van der Waals surface area (Å²) in [6.45, 7) is 4.87. The van der Waals surface area contributed by atoms with E-state index in [1.807, 2.05) is 6.92 Å². The van der Waals surface area contributed by atoms with Gasteiger partial charge in [0.05, 0.1) is 16.4 Å². The minimum absolute atomic E-state index is 0.703. The Hall–Kier alpha value is -1.07. The molecular weight excluding hydrogens is 298 g/mol. The van der Waals surface area contributed by atoms with E-state index < -0.39 is 0 Å². The Morgan fingerprint density at radius 3 is 2.82 bits per heavy atom. The standard InChI is InChI=1S/C12H14BrN3S/c1-7-5-17-6-9(7)3-15-12-11(13)8(2)10(14)4-16-12/h4-6H,3,14H2,1-2H3,(H,15,16). The molecule has 3 nitrogen and oxygen atoms in total. The van der Waals surface area contributed by atoms with E-state index in [-0.39, 0.29) is 0 Å². The minimum atomic E-state index is 0.703. The summed E-state index contributed by atoms with van der Waals surface area (Å²) in [6, 6.07) is 0. The van der Waals surface area contributed by atoms with Crippen LogP contribution in [0.15, 0.2) is 21.4 Å². The quantitative estimate of drug-likeness (QED) is 0.908. The van der Waals surface area contributed by atoms with E-state index in [0.29, 0.717) is 5.69 Å². The molecule has 0 saturated heterocycles. The van der Waals surface area contributed by atoms with Gasteiger partial charge in [-0.1, -0.05) is 0 Å². The Bertz CT molecular complexity index is 537. The Morgan fingerprint density at radius 1 is 1.41 bits per heavy atom. The van der Waals surface area contributed by atoms with Crippen LogP contribution in [0.5, 0.6) is 0 Å². The molecule has 0 amide bonds. The van der Waals surface area contributed by atoms with Gasteiger partial charge in [-0.2, -0.15) is 11.3 Å². The number of nitrogens with zero attached hydrogens (tertiary/aromatic N) is 1. The highest BCUT2D eigenvalue weighted by Gasteiger charge is 2.07. The van der Waals surface area contributed by atoms with Gasteiger partial charge in [0.1, 0.15) is 5.82 Å². The largest absolute Gasteiger partial charge is 0.397 e. The fourth-order valence-electron chi connectivity index (χ4n) is 1.46. The monoisotopic (exact) mass is 311 g/mol. The third kappa shape index (κ3) is 2.61. The maximum absolute atomic E-state index is 5.79. The van der Waals surface area contributed by atoms with Crippen LogP contribution >= 0.6 is 27.3 Å². The Morgan fingerprint density at radius 2 is 2.18 bits per heavy atom. The van der Waals surface area contributed by atoms with Gasteiger partial charge < -0.3 is 11.1 Å². The summed E-state index contributed by atoms with van der Waals surface area (Å²) in [7, 11) is 0. The van der Waals surface area contributed by atoms with Gasteiger partial charge in [-0.3, -0.25) is 0 Å². The Labute approximate surface area is 113 Å². The van der Waals surface area contributed by atoms with Crippen molar-refractivity contribution in [2.45, 2.75) is 20.4 Å². The van der Waals surface area contributed by atoms with E-state index in [0.717, 1.165) is 22.4 Å². The lowest BCUT2D eigenvalue weighted by Crippen LogP contribution is -2.04. The number of nitrogens with one attached hydrogen (secondary N) is 1. The summed E-state index contributed by atoms with van der Waals surface area (Å²) in [4.78, 5) is 4.29. The summed E-state index contributed by atoms with van der Waals surface area (Å²) in [5.41, 5.74) is 10.1. The third-order valence-electron chi connectivity index (χ3n) is 2.71. The highest BCUT2D eigenvalue weighted by Crippen LogP contribution is 2.28. The van der Waals surface area contributed by atoms with Crippen molar-refractivity contribution in [2.24, 2.45) is 0 Å². The smallest absolute Gasteiger partial charge is 0.140 e. The van der Waals surface area contributed by atoms with Crippen molar-refractivity contribution in [3.05, 3.63) is 38.1 Å². The molecule has 2 heterocycles. The second-order valence-corrected chi connectivity index (χ2v) is 5.47. The van der Waals surface area contributed by atoms with Crippen LogP contribution in [0.25, 0.3) is 0 Å². The van der Waals surface area contributed by atoms with Gasteiger partial charge in [-0.25, -0.2) is 4.98 Å². The highest BCUT2D eigenvalue weighted by molar-refractivity contribution is 9.10. The number of aryl methyl sites for hydroxylation is 1. The Kier molecular flexibility index (Phi) is 3.69. The number of halogens is 1. The number of nitrogens with two attached hydrogens (primary N) is 1. The Balaban J connectivity index is 2.15. The molecule has 17 heavy (non-hydrogen) atoms. The number of aromatic nitrogens is 1. The lowest BCUT2D eigenvalue weighted by Gasteiger charge is -2.10. The van der Waals surface area contributed by atoms with E-state index in [4.69, 9.17) is 5.73 Å². The molecule has 0 aliphatic carbocycles. The molecule has 5 heteroatoms. The summed E-state index contributed by atoms with van der Waals surface area (Å²) in [6.07, 6.45) is 1.68. The predicted molar refractivity (Wildman–Crippen MR) is 77.5 cm³/mol. The SMILES string of the molecule is Cc1cscc1CNc1ncc(N)c(C)c1Br. The van der Waals surface area contributed by atoms with E-state index in [1.54, 1.807) is 17.5 Å². The number of anilines is 2. The van der Waals surface area contributed by atoms with E-state index in [1.165, 1.54) is 11.1 Å². The van der Waals surface area contributed by atoms with Gasteiger partial charge in [0.15, 0.2) is 0 Å². The van der Waals surface area contributed by atoms with Crippen LogP contribution in [0.1, 0.15) is 16.7 Å². The number of thiophene rings is 1. The van der Waals surface area contributed by atoms with Crippen LogP contribution in [-0.2, 0) is 6.54 Å². The second-order valence-electron chi connectivity index (χ2n) is 3.93. The maximum Gasteiger partial charge on any atom is 0.140 e. The molecule has 0 fully saturated rings. The number of hydrogen-bond donors (Lipinski definition) is 2. The van der Waals surface area contributed by atoms with Gasteiger partial charge in [-0.05, 0) is 57.2 Å². The van der Waals surface area contributed by atoms with E-state index in [9.17, 15) is 0 Å². The lowest BCUT2D eigenvalue weighted by atomic mass is 10.2. The molecule has 2 aromatic rings. The van der Waals surface area contributed by atoms with Gasteiger partial charge >= 0.3 is 0 Å². The van der Waals surface area contributed by atoms with Crippen LogP contribution in [0.3, 0.4) is 0 Å². The number of hydrogen-bond acceptors (Lipinski definition) is 4. The van der Waals surface area contributed by atoms with Crippen LogP contribution in [0, 0.1) is 13.8 Å². The van der Waals surface area contributed by atoms with Crippen LogP contribution in [-0.4, -0.2) is 4.98 Å². The molecular formula is C12H14BrN3S. The zero-order valence-corrected chi connectivity index (χ0v) is 12.2. The van der Waals surface area contributed by atoms with Crippen molar-refractivity contribution in [3.8, 4) is 0 Å². The van der Waals surface area contributed by atoms with Crippen molar-refractivity contribution in [3.63, 3.8) is 0 Å². The molecule has 2 aromatic heterocycles. The van der Waals surface area contributed by atoms with Crippen molar-refractivity contribution < 1.29 is 0 Å². The summed E-state index contributed by atoms with van der Waals surface area (Å²) < 4.78 is 0.936. The first-order chi connectivity index (χ1) is 8.09. The fraction of sp³-hybridized carbons (Fsp3) is 0.250. The average Bonchev–Trinajstić information content (AvgIpc) is 2.71. The molecule has 3 N–H and O–H groups in total. The number of nitrogen functional groups attached to an aromatic ring is 1. The van der Waals surface area contributed by atoms with E-state index >= 15 is 0 Å². The topological polar surface area (TPSA) is 50.9 Å². The summed E-state index contributed by atoms with van der Waals surface area (Å²) in [5.74, 6) is 0.835. The van der Waals surface area contributed by atoms with Crippen molar-refractivity contribution in [1.82, 2.24) is 4.98 Å². The molecule has 0 aliphatic rings. The number of pyridine rings is 1. The van der Waals surface area contributed by atoms with Gasteiger partial charge in [0, 0.05) is 6.54 Å². The molecule has 0 unspecified atom stereocenters. The van der Waals surface area contributed by atoms with Crippen LogP contribution in [0.2, 0.25) is 0 Å². The van der Waals surface area contributed by atoms with Gasteiger partial charge in [-0.15, -0.1) is 0 Å². The number of rotatable bonds is 3. The minimum Gasteiger partial charge on any atom is -0.397 e. The van der Waals surface area contributed by atoms with Crippen LogP contribution < -0.4 is 11.1 Å². The first-order valence-electron chi connectivity index (χ1n) is 5.25. The zero-order chi connectivity index (χ0) is 12.4. The summed E-state index contributed by atoms with van der Waals surface area (Å²) in [5, 5.41) is 7.62. The zero-order valence-electron chi connectivity index (χ0n) is 9.75. The molecule has 0 bridgehead atoms. The molecule has 2 rings (SSSR count).